The Kier molecular flexibility index (Phi) is 6.05. The molecule has 1 amide bonds. The van der Waals surface area contributed by atoms with Gasteiger partial charge in [-0.05, 0) is 69.3 Å². The van der Waals surface area contributed by atoms with Crippen LogP contribution in [0.1, 0.15) is 43.0 Å². The van der Waals surface area contributed by atoms with E-state index in [-0.39, 0.29) is 6.42 Å². The van der Waals surface area contributed by atoms with Crippen LogP contribution in [0.15, 0.2) is 5.11 Å². The van der Waals surface area contributed by atoms with Crippen molar-refractivity contribution < 1.29 is 19.4 Å². The number of azide groups is 1. The zero-order chi connectivity index (χ0) is 19.5. The van der Waals surface area contributed by atoms with E-state index in [4.69, 9.17) is 10.3 Å². The first-order valence-electron chi connectivity index (χ1n) is 7.77. The Morgan fingerprint density at radius 2 is 1.76 bits per heavy atom. The molecule has 0 aliphatic heterocycles. The topological polar surface area (TPSA) is 116 Å². The van der Waals surface area contributed by atoms with Gasteiger partial charge in [-0.3, -0.25) is 9.69 Å². The number of anilines is 1. The SMILES string of the molecule is Cc1c(CC(=O)O)c(C)c(N(C)C(=O)OC(C)(C)C)c(C)c1N=[N+]=[N-]. The lowest BCUT2D eigenvalue weighted by molar-refractivity contribution is -0.136. The first kappa shape index (κ1) is 20.3. The number of aliphatic carboxylic acids is 1. The maximum absolute atomic E-state index is 12.4. The second-order valence-corrected chi connectivity index (χ2v) is 6.85. The highest BCUT2D eigenvalue weighted by Gasteiger charge is 2.26. The number of rotatable bonds is 4. The zero-order valence-corrected chi connectivity index (χ0v) is 15.7. The van der Waals surface area contributed by atoms with Crippen LogP contribution in [0.3, 0.4) is 0 Å². The van der Waals surface area contributed by atoms with Gasteiger partial charge in [0.25, 0.3) is 0 Å². The van der Waals surface area contributed by atoms with E-state index < -0.39 is 17.7 Å². The third kappa shape index (κ3) is 4.64. The third-order valence-electron chi connectivity index (χ3n) is 3.80. The molecule has 1 rings (SSSR count). The third-order valence-corrected chi connectivity index (χ3v) is 3.80. The summed E-state index contributed by atoms with van der Waals surface area (Å²) >= 11 is 0. The van der Waals surface area contributed by atoms with Crippen LogP contribution in [0, 0.1) is 20.8 Å². The van der Waals surface area contributed by atoms with Crippen LogP contribution in [0.25, 0.3) is 10.4 Å². The second-order valence-electron chi connectivity index (χ2n) is 6.85. The fourth-order valence-corrected chi connectivity index (χ4v) is 2.78. The van der Waals surface area contributed by atoms with Crippen LogP contribution >= 0.6 is 0 Å². The molecule has 0 unspecified atom stereocenters. The summed E-state index contributed by atoms with van der Waals surface area (Å²) in [6.45, 7) is 10.5. The van der Waals surface area contributed by atoms with Gasteiger partial charge in [-0.25, -0.2) is 4.79 Å². The van der Waals surface area contributed by atoms with Crippen molar-refractivity contribution in [2.45, 2.75) is 53.6 Å². The van der Waals surface area contributed by atoms with E-state index in [0.717, 1.165) is 0 Å². The van der Waals surface area contributed by atoms with Crippen LogP contribution in [-0.2, 0) is 16.0 Å². The minimum Gasteiger partial charge on any atom is -0.481 e. The summed E-state index contributed by atoms with van der Waals surface area (Å²) < 4.78 is 5.38. The number of nitrogens with zero attached hydrogens (tertiary/aromatic N) is 4. The molecule has 0 saturated carbocycles. The number of benzene rings is 1. The molecule has 25 heavy (non-hydrogen) atoms. The Balaban J connectivity index is 3.63. The summed E-state index contributed by atoms with van der Waals surface area (Å²) in [6.07, 6.45) is -0.808. The normalized spacial score (nSPS) is 10.8. The summed E-state index contributed by atoms with van der Waals surface area (Å²) in [5, 5.41) is 12.9. The highest BCUT2D eigenvalue weighted by molar-refractivity contribution is 5.92. The Bertz CT molecular complexity index is 759. The first-order valence-corrected chi connectivity index (χ1v) is 7.77. The summed E-state index contributed by atoms with van der Waals surface area (Å²) in [5.74, 6) is -1.01. The fraction of sp³-hybridized carbons (Fsp3) is 0.529. The smallest absolute Gasteiger partial charge is 0.414 e. The number of hydrogen-bond acceptors (Lipinski definition) is 4. The van der Waals surface area contributed by atoms with Gasteiger partial charge in [0.05, 0.1) is 12.1 Å². The van der Waals surface area contributed by atoms with E-state index in [1.807, 2.05) is 0 Å². The van der Waals surface area contributed by atoms with Crippen molar-refractivity contribution in [3.05, 3.63) is 32.7 Å². The predicted molar refractivity (Wildman–Crippen MR) is 95.4 cm³/mol. The lowest BCUT2D eigenvalue weighted by atomic mass is 9.92. The van der Waals surface area contributed by atoms with E-state index in [1.54, 1.807) is 48.6 Å². The minimum atomic E-state index is -1.01. The molecule has 0 saturated heterocycles. The van der Waals surface area contributed by atoms with Crippen LogP contribution < -0.4 is 4.90 Å². The van der Waals surface area contributed by atoms with E-state index in [2.05, 4.69) is 10.0 Å². The summed E-state index contributed by atoms with van der Waals surface area (Å²) in [5.41, 5.74) is 11.3. The van der Waals surface area contributed by atoms with Crippen LogP contribution in [0.5, 0.6) is 0 Å². The van der Waals surface area contributed by atoms with Crippen LogP contribution in [0.4, 0.5) is 16.2 Å². The van der Waals surface area contributed by atoms with Crippen molar-refractivity contribution in [3.8, 4) is 0 Å². The van der Waals surface area contributed by atoms with Crippen molar-refractivity contribution in [1.82, 2.24) is 0 Å². The minimum absolute atomic E-state index is 0.235. The number of carbonyl (C=O) groups excluding carboxylic acids is 1. The van der Waals surface area contributed by atoms with Crippen molar-refractivity contribution in [2.75, 3.05) is 11.9 Å². The number of carboxylic acids is 1. The van der Waals surface area contributed by atoms with Gasteiger partial charge in [-0.1, -0.05) is 5.11 Å². The lowest BCUT2D eigenvalue weighted by Crippen LogP contribution is -2.35. The quantitative estimate of drug-likeness (QED) is 0.488. The number of hydrogen-bond donors (Lipinski definition) is 1. The van der Waals surface area contributed by atoms with Crippen LogP contribution in [0.2, 0.25) is 0 Å². The Labute approximate surface area is 147 Å². The maximum atomic E-state index is 12.4. The molecule has 0 aromatic heterocycles. The molecular weight excluding hydrogens is 324 g/mol. The standard InChI is InChI=1S/C17H24N4O4/c1-9-12(8-13(22)23)10(2)15(11(3)14(9)19-20-18)21(7)16(24)25-17(4,5)6/h8H2,1-7H3,(H,22,23). The first-order chi connectivity index (χ1) is 11.4. The molecule has 0 radical (unpaired) electrons. The highest BCUT2D eigenvalue weighted by Crippen LogP contribution is 2.39. The molecule has 0 fully saturated rings. The Hall–Kier alpha value is -2.73. The Morgan fingerprint density at radius 1 is 1.20 bits per heavy atom. The molecule has 136 valence electrons. The average Bonchev–Trinajstić information content (AvgIpc) is 2.46. The van der Waals surface area contributed by atoms with Gasteiger partial charge in [0.2, 0.25) is 0 Å². The van der Waals surface area contributed by atoms with Gasteiger partial charge in [0.1, 0.15) is 5.60 Å². The van der Waals surface area contributed by atoms with Crippen molar-refractivity contribution in [2.24, 2.45) is 5.11 Å². The molecule has 0 atom stereocenters. The number of carbonyl (C=O) groups is 2. The highest BCUT2D eigenvalue weighted by atomic mass is 16.6. The van der Waals surface area contributed by atoms with Gasteiger partial charge in [0.15, 0.2) is 0 Å². The van der Waals surface area contributed by atoms with Gasteiger partial charge in [-0.2, -0.15) is 0 Å². The summed E-state index contributed by atoms with van der Waals surface area (Å²) in [4.78, 5) is 27.8. The van der Waals surface area contributed by atoms with Gasteiger partial charge in [0, 0.05) is 17.6 Å². The molecule has 1 aromatic rings. The fourth-order valence-electron chi connectivity index (χ4n) is 2.78. The maximum Gasteiger partial charge on any atom is 0.414 e. The molecule has 1 aromatic carbocycles. The molecule has 1 N–H and O–H groups in total. The molecule has 0 bridgehead atoms. The second kappa shape index (κ2) is 7.44. The van der Waals surface area contributed by atoms with E-state index in [0.29, 0.717) is 33.6 Å². The zero-order valence-electron chi connectivity index (χ0n) is 15.7. The molecule has 0 spiro atoms. The molecule has 8 heteroatoms. The molecule has 0 aliphatic rings. The largest absolute Gasteiger partial charge is 0.481 e. The molecular formula is C17H24N4O4. The number of ether oxygens (including phenoxy) is 1. The van der Waals surface area contributed by atoms with Crippen molar-refractivity contribution >= 4 is 23.4 Å². The van der Waals surface area contributed by atoms with Gasteiger partial charge in [-0.15, -0.1) is 0 Å². The van der Waals surface area contributed by atoms with E-state index >= 15 is 0 Å². The summed E-state index contributed by atoms with van der Waals surface area (Å²) in [6, 6.07) is 0. The lowest BCUT2D eigenvalue weighted by Gasteiger charge is -2.29. The average molecular weight is 348 g/mol. The summed E-state index contributed by atoms with van der Waals surface area (Å²) in [7, 11) is 1.54. The van der Waals surface area contributed by atoms with E-state index in [9.17, 15) is 14.7 Å². The number of carboxylic acid groups (broad SMARTS) is 1. The van der Waals surface area contributed by atoms with Crippen molar-refractivity contribution in [1.29, 1.82) is 0 Å². The molecule has 0 heterocycles. The van der Waals surface area contributed by atoms with Crippen molar-refractivity contribution in [3.63, 3.8) is 0 Å². The van der Waals surface area contributed by atoms with Gasteiger partial charge >= 0.3 is 12.1 Å². The Morgan fingerprint density at radius 3 is 2.20 bits per heavy atom. The predicted octanol–water partition coefficient (Wildman–Crippen LogP) is 4.55. The van der Waals surface area contributed by atoms with Crippen LogP contribution in [-0.4, -0.2) is 29.8 Å². The molecule has 0 aliphatic carbocycles. The van der Waals surface area contributed by atoms with E-state index in [1.165, 1.54) is 4.90 Å². The monoisotopic (exact) mass is 348 g/mol. The molecule has 8 nitrogen and oxygen atoms in total. The number of amides is 1. The van der Waals surface area contributed by atoms with Gasteiger partial charge < -0.3 is 9.84 Å².